The number of carbonyl (C=O) groups excluding carboxylic acids is 1. The topological polar surface area (TPSA) is 44.4 Å². The van der Waals surface area contributed by atoms with Crippen molar-refractivity contribution < 1.29 is 4.79 Å². The van der Waals surface area contributed by atoms with Crippen molar-refractivity contribution in [2.45, 2.75) is 13.1 Å². The molecule has 1 heterocycles. The first-order valence-electron chi connectivity index (χ1n) is 8.14. The third kappa shape index (κ3) is 4.84. The lowest BCUT2D eigenvalue weighted by molar-refractivity contribution is 0.252. The molecular weight excluding hydrogens is 330 g/mol. The molecular formula is C20H21N3OS. The highest BCUT2D eigenvalue weighted by molar-refractivity contribution is 7.09. The third-order valence-corrected chi connectivity index (χ3v) is 4.71. The summed E-state index contributed by atoms with van der Waals surface area (Å²) in [5.74, 6) is 0. The molecule has 0 bridgehead atoms. The Morgan fingerprint density at radius 2 is 1.76 bits per heavy atom. The Morgan fingerprint density at radius 1 is 1.00 bits per heavy atom. The van der Waals surface area contributed by atoms with E-state index in [0.717, 1.165) is 22.8 Å². The van der Waals surface area contributed by atoms with E-state index in [1.54, 1.807) is 11.3 Å². The van der Waals surface area contributed by atoms with E-state index in [-0.39, 0.29) is 6.03 Å². The van der Waals surface area contributed by atoms with E-state index in [4.69, 9.17) is 0 Å². The van der Waals surface area contributed by atoms with Crippen LogP contribution in [0.25, 0.3) is 0 Å². The zero-order valence-electron chi connectivity index (χ0n) is 14.1. The fraction of sp³-hybridized carbons (Fsp3) is 0.150. The maximum Gasteiger partial charge on any atom is 0.319 e. The fourth-order valence-electron chi connectivity index (χ4n) is 2.60. The average Bonchev–Trinajstić information content (AvgIpc) is 3.15. The molecule has 3 rings (SSSR count). The van der Waals surface area contributed by atoms with Crippen molar-refractivity contribution >= 4 is 28.7 Å². The Bertz CT molecular complexity index is 803. The van der Waals surface area contributed by atoms with Gasteiger partial charge in [0.2, 0.25) is 0 Å². The van der Waals surface area contributed by atoms with Gasteiger partial charge in [0.25, 0.3) is 0 Å². The Hall–Kier alpha value is -2.79. The molecule has 0 aliphatic heterocycles. The lowest BCUT2D eigenvalue weighted by Crippen LogP contribution is -2.29. The Kier molecular flexibility index (Phi) is 5.69. The third-order valence-electron chi connectivity index (χ3n) is 3.83. The summed E-state index contributed by atoms with van der Waals surface area (Å²) in [6.45, 7) is 1.31. The van der Waals surface area contributed by atoms with Crippen LogP contribution in [-0.4, -0.2) is 13.1 Å². The number of hydrogen-bond donors (Lipinski definition) is 2. The van der Waals surface area contributed by atoms with Gasteiger partial charge >= 0.3 is 6.03 Å². The standard InChI is InChI=1S/C20H21N3OS/c1-23(15-16-8-3-2-4-9-16)19-12-6-5-11-18(19)22-20(24)21-14-17-10-7-13-25-17/h2-13H,14-15H2,1H3,(H2,21,22,24). The Morgan fingerprint density at radius 3 is 2.52 bits per heavy atom. The molecule has 1 aromatic heterocycles. The Balaban J connectivity index is 1.64. The van der Waals surface area contributed by atoms with Crippen LogP contribution in [0.5, 0.6) is 0 Å². The molecule has 5 heteroatoms. The molecule has 4 nitrogen and oxygen atoms in total. The molecule has 2 N–H and O–H groups in total. The number of nitrogens with one attached hydrogen (secondary N) is 2. The van der Waals surface area contributed by atoms with Gasteiger partial charge in [-0.05, 0) is 29.1 Å². The number of benzene rings is 2. The molecule has 0 saturated carbocycles. The number of carbonyl (C=O) groups is 1. The molecule has 0 aliphatic rings. The lowest BCUT2D eigenvalue weighted by atomic mass is 10.2. The zero-order chi connectivity index (χ0) is 17.5. The summed E-state index contributed by atoms with van der Waals surface area (Å²) in [5, 5.41) is 7.85. The largest absolute Gasteiger partial charge is 0.369 e. The second-order valence-corrected chi connectivity index (χ2v) is 6.78. The highest BCUT2D eigenvalue weighted by Gasteiger charge is 2.10. The highest BCUT2D eigenvalue weighted by Crippen LogP contribution is 2.25. The number of anilines is 2. The van der Waals surface area contributed by atoms with Gasteiger partial charge in [-0.1, -0.05) is 48.5 Å². The van der Waals surface area contributed by atoms with Crippen LogP contribution in [0.2, 0.25) is 0 Å². The smallest absolute Gasteiger partial charge is 0.319 e. The first-order valence-corrected chi connectivity index (χ1v) is 9.01. The summed E-state index contributed by atoms with van der Waals surface area (Å²) in [5.41, 5.74) is 3.00. The monoisotopic (exact) mass is 351 g/mol. The Labute approximate surface area is 152 Å². The van der Waals surface area contributed by atoms with Gasteiger partial charge in [0, 0.05) is 18.5 Å². The predicted octanol–water partition coefficient (Wildman–Crippen LogP) is 4.71. The van der Waals surface area contributed by atoms with Gasteiger partial charge in [-0.2, -0.15) is 0 Å². The number of para-hydroxylation sites is 2. The minimum absolute atomic E-state index is 0.200. The number of amides is 2. The molecule has 0 saturated heterocycles. The molecule has 2 aromatic carbocycles. The summed E-state index contributed by atoms with van der Waals surface area (Å²) >= 11 is 1.63. The lowest BCUT2D eigenvalue weighted by Gasteiger charge is -2.23. The number of thiophene rings is 1. The first kappa shape index (κ1) is 17.0. The van der Waals surface area contributed by atoms with Crippen molar-refractivity contribution in [3.05, 3.63) is 82.6 Å². The molecule has 2 amide bonds. The van der Waals surface area contributed by atoms with Crippen molar-refractivity contribution in [1.29, 1.82) is 0 Å². The molecule has 25 heavy (non-hydrogen) atoms. The quantitative estimate of drug-likeness (QED) is 0.676. The van der Waals surface area contributed by atoms with Crippen LogP contribution in [-0.2, 0) is 13.1 Å². The van der Waals surface area contributed by atoms with E-state index in [9.17, 15) is 4.79 Å². The summed E-state index contributed by atoms with van der Waals surface area (Å²) < 4.78 is 0. The number of nitrogens with zero attached hydrogens (tertiary/aromatic N) is 1. The number of urea groups is 1. The second kappa shape index (κ2) is 8.35. The molecule has 0 unspecified atom stereocenters. The van der Waals surface area contributed by atoms with Crippen LogP contribution < -0.4 is 15.5 Å². The maximum absolute atomic E-state index is 12.2. The maximum atomic E-state index is 12.2. The minimum Gasteiger partial charge on any atom is -0.369 e. The van der Waals surface area contributed by atoms with Crippen LogP contribution in [0.3, 0.4) is 0 Å². The van der Waals surface area contributed by atoms with E-state index in [0.29, 0.717) is 6.54 Å². The summed E-state index contributed by atoms with van der Waals surface area (Å²) in [4.78, 5) is 15.5. The summed E-state index contributed by atoms with van der Waals surface area (Å²) in [6, 6.07) is 21.9. The molecule has 0 atom stereocenters. The van der Waals surface area contributed by atoms with Crippen LogP contribution in [0.15, 0.2) is 72.1 Å². The fourth-order valence-corrected chi connectivity index (χ4v) is 3.25. The predicted molar refractivity (Wildman–Crippen MR) is 105 cm³/mol. The van der Waals surface area contributed by atoms with E-state index in [2.05, 4.69) is 27.7 Å². The van der Waals surface area contributed by atoms with Gasteiger partial charge in [0.15, 0.2) is 0 Å². The molecule has 0 spiro atoms. The van der Waals surface area contributed by atoms with Crippen molar-refractivity contribution in [3.63, 3.8) is 0 Å². The molecule has 0 radical (unpaired) electrons. The van der Waals surface area contributed by atoms with E-state index in [1.807, 2.05) is 67.0 Å². The van der Waals surface area contributed by atoms with Crippen LogP contribution in [0.4, 0.5) is 16.2 Å². The van der Waals surface area contributed by atoms with Gasteiger partial charge in [0.1, 0.15) is 0 Å². The van der Waals surface area contributed by atoms with Gasteiger partial charge in [-0.3, -0.25) is 0 Å². The van der Waals surface area contributed by atoms with Crippen LogP contribution >= 0.6 is 11.3 Å². The summed E-state index contributed by atoms with van der Waals surface area (Å²) in [6.07, 6.45) is 0. The van der Waals surface area contributed by atoms with Gasteiger partial charge in [-0.25, -0.2) is 4.79 Å². The van der Waals surface area contributed by atoms with E-state index >= 15 is 0 Å². The number of hydrogen-bond acceptors (Lipinski definition) is 3. The van der Waals surface area contributed by atoms with Crippen LogP contribution in [0.1, 0.15) is 10.4 Å². The minimum atomic E-state index is -0.200. The SMILES string of the molecule is CN(Cc1ccccc1)c1ccccc1NC(=O)NCc1cccs1. The van der Waals surface area contributed by atoms with Crippen molar-refractivity contribution in [2.24, 2.45) is 0 Å². The summed E-state index contributed by atoms with van der Waals surface area (Å²) in [7, 11) is 2.02. The van der Waals surface area contributed by atoms with Gasteiger partial charge < -0.3 is 15.5 Å². The average molecular weight is 351 g/mol. The number of rotatable bonds is 6. The second-order valence-electron chi connectivity index (χ2n) is 5.75. The van der Waals surface area contributed by atoms with Crippen molar-refractivity contribution in [2.75, 3.05) is 17.3 Å². The molecule has 128 valence electrons. The molecule has 0 fully saturated rings. The zero-order valence-corrected chi connectivity index (χ0v) is 14.9. The van der Waals surface area contributed by atoms with E-state index < -0.39 is 0 Å². The highest BCUT2D eigenvalue weighted by atomic mass is 32.1. The van der Waals surface area contributed by atoms with Crippen LogP contribution in [0, 0.1) is 0 Å². The van der Waals surface area contributed by atoms with Crippen molar-refractivity contribution in [1.82, 2.24) is 5.32 Å². The van der Waals surface area contributed by atoms with Crippen molar-refractivity contribution in [3.8, 4) is 0 Å². The van der Waals surface area contributed by atoms with Gasteiger partial charge in [0.05, 0.1) is 17.9 Å². The molecule has 0 aliphatic carbocycles. The normalized spacial score (nSPS) is 10.3. The van der Waals surface area contributed by atoms with E-state index in [1.165, 1.54) is 5.56 Å². The van der Waals surface area contributed by atoms with Gasteiger partial charge in [-0.15, -0.1) is 11.3 Å². The molecule has 3 aromatic rings. The first-order chi connectivity index (χ1) is 12.2.